The Hall–Kier alpha value is -3.06. The highest BCUT2D eigenvalue weighted by Gasteiger charge is 2.19. The number of aromatic nitrogens is 4. The van der Waals surface area contributed by atoms with Crippen molar-refractivity contribution in [2.75, 3.05) is 0 Å². The summed E-state index contributed by atoms with van der Waals surface area (Å²) in [5, 5.41) is 3.89. The third-order valence-electron chi connectivity index (χ3n) is 4.46. The number of benzene rings is 1. The van der Waals surface area contributed by atoms with Crippen molar-refractivity contribution < 1.29 is 0 Å². The first-order valence-corrected chi connectivity index (χ1v) is 10.1. The van der Waals surface area contributed by atoms with E-state index in [1.54, 1.807) is 0 Å². The third-order valence-corrected chi connectivity index (χ3v) is 5.48. The molecule has 0 aliphatic carbocycles. The zero-order valence-corrected chi connectivity index (χ0v) is 16.9. The molecule has 0 spiro atoms. The number of H-pyrrole nitrogens is 1. The van der Waals surface area contributed by atoms with Gasteiger partial charge in [-0.15, -0.1) is 0 Å². The molecule has 3 aromatic heterocycles. The Morgan fingerprint density at radius 3 is 2.75 bits per heavy atom. The van der Waals surface area contributed by atoms with Crippen LogP contribution in [0.2, 0.25) is 0 Å². The number of thiazole rings is 1. The van der Waals surface area contributed by atoms with Gasteiger partial charge < -0.3 is 0 Å². The summed E-state index contributed by atoms with van der Waals surface area (Å²) >= 11 is 1.49. The number of nitrogens with zero attached hydrogens (tertiary/aromatic N) is 4. The Morgan fingerprint density at radius 2 is 2.00 bits per heavy atom. The highest BCUT2D eigenvalue weighted by atomic mass is 32.1. The van der Waals surface area contributed by atoms with Crippen LogP contribution in [0.15, 0.2) is 52.3 Å². The molecule has 3 heterocycles. The highest BCUT2D eigenvalue weighted by molar-refractivity contribution is 7.20. The van der Waals surface area contributed by atoms with Crippen LogP contribution in [0, 0.1) is 6.92 Å². The van der Waals surface area contributed by atoms with Crippen molar-refractivity contribution in [3.05, 3.63) is 69.8 Å². The number of hydrogen-bond acceptors (Lipinski definition) is 5. The van der Waals surface area contributed by atoms with Gasteiger partial charge in [0.1, 0.15) is 0 Å². The first-order chi connectivity index (χ1) is 13.6. The fourth-order valence-corrected chi connectivity index (χ4v) is 4.12. The molecule has 1 aromatic carbocycles. The molecule has 0 saturated carbocycles. The van der Waals surface area contributed by atoms with E-state index in [1.165, 1.54) is 16.0 Å². The third kappa shape index (κ3) is 3.41. The Bertz CT molecular complexity index is 1200. The Morgan fingerprint density at radius 1 is 1.18 bits per heavy atom. The maximum Gasteiger partial charge on any atom is 0.282 e. The van der Waals surface area contributed by atoms with Gasteiger partial charge in [-0.3, -0.25) is 9.89 Å². The summed E-state index contributed by atoms with van der Waals surface area (Å²) in [7, 11) is 0. The fraction of sp³-hybridized carbons (Fsp3) is 0.238. The lowest BCUT2D eigenvalue weighted by atomic mass is 10.1. The second kappa shape index (κ2) is 7.52. The number of fused-ring (bicyclic) bond motifs is 1. The molecular weight excluding hydrogens is 370 g/mol. The highest BCUT2D eigenvalue weighted by Crippen LogP contribution is 2.24. The number of aromatic amines is 1. The van der Waals surface area contributed by atoms with Gasteiger partial charge in [0.2, 0.25) is 5.13 Å². The van der Waals surface area contributed by atoms with Gasteiger partial charge in [0.05, 0.1) is 21.5 Å². The molecule has 0 fully saturated rings. The quantitative estimate of drug-likeness (QED) is 0.506. The van der Waals surface area contributed by atoms with E-state index in [4.69, 9.17) is 0 Å². The molecule has 0 atom stereocenters. The molecule has 0 radical (unpaired) electrons. The molecule has 28 heavy (non-hydrogen) atoms. The van der Waals surface area contributed by atoms with E-state index in [9.17, 15) is 4.79 Å². The van der Waals surface area contributed by atoms with Crippen LogP contribution in [0.25, 0.3) is 15.3 Å². The van der Waals surface area contributed by atoms with E-state index in [0.717, 1.165) is 34.4 Å². The van der Waals surface area contributed by atoms with Gasteiger partial charge in [0.15, 0.2) is 5.82 Å². The summed E-state index contributed by atoms with van der Waals surface area (Å²) < 4.78 is 2.58. The number of aliphatic imine (C=N–C) groups is 1. The summed E-state index contributed by atoms with van der Waals surface area (Å²) in [5.74, 6) is 0.604. The van der Waals surface area contributed by atoms with Crippen molar-refractivity contribution in [1.82, 2.24) is 19.7 Å². The molecule has 0 bridgehead atoms. The summed E-state index contributed by atoms with van der Waals surface area (Å²) in [6.07, 6.45) is 1.68. The first kappa shape index (κ1) is 18.3. The predicted molar refractivity (Wildman–Crippen MR) is 114 cm³/mol. The molecule has 4 aromatic rings. The molecular formula is C21H21N5OS. The van der Waals surface area contributed by atoms with E-state index < -0.39 is 0 Å². The van der Waals surface area contributed by atoms with Crippen molar-refractivity contribution in [2.24, 2.45) is 4.99 Å². The molecule has 0 unspecified atom stereocenters. The normalized spacial score (nSPS) is 12.0. The first-order valence-electron chi connectivity index (χ1n) is 9.26. The minimum atomic E-state index is -0.128. The summed E-state index contributed by atoms with van der Waals surface area (Å²) in [4.78, 5) is 26.9. The molecule has 0 aliphatic rings. The van der Waals surface area contributed by atoms with Crippen LogP contribution >= 0.6 is 11.3 Å². The van der Waals surface area contributed by atoms with Crippen LogP contribution in [0.3, 0.4) is 0 Å². The van der Waals surface area contributed by atoms with Crippen LogP contribution in [0.4, 0.5) is 5.82 Å². The Balaban J connectivity index is 1.84. The lowest BCUT2D eigenvalue weighted by Gasteiger charge is -2.01. The van der Waals surface area contributed by atoms with E-state index in [0.29, 0.717) is 22.2 Å². The zero-order chi connectivity index (χ0) is 19.7. The van der Waals surface area contributed by atoms with Crippen molar-refractivity contribution in [3.63, 3.8) is 0 Å². The SMILES string of the molecule is CCCc1[nH]n(-c2nc3ccccc3s2)c(=O)c1/C(C)=N\c1cccc(C)n1. The van der Waals surface area contributed by atoms with Crippen LogP contribution in [0.1, 0.15) is 37.2 Å². The van der Waals surface area contributed by atoms with Gasteiger partial charge >= 0.3 is 0 Å². The molecule has 6 nitrogen and oxygen atoms in total. The minimum Gasteiger partial charge on any atom is -0.292 e. The van der Waals surface area contributed by atoms with Gasteiger partial charge in [0, 0.05) is 11.4 Å². The maximum absolute atomic E-state index is 13.2. The Labute approximate surface area is 166 Å². The van der Waals surface area contributed by atoms with Crippen molar-refractivity contribution in [3.8, 4) is 5.13 Å². The average molecular weight is 392 g/mol. The zero-order valence-electron chi connectivity index (χ0n) is 16.1. The van der Waals surface area contributed by atoms with Crippen LogP contribution in [0.5, 0.6) is 0 Å². The average Bonchev–Trinajstić information content (AvgIpc) is 3.23. The molecule has 142 valence electrons. The van der Waals surface area contributed by atoms with Crippen LogP contribution in [-0.2, 0) is 6.42 Å². The summed E-state index contributed by atoms with van der Waals surface area (Å²) in [6, 6.07) is 13.6. The molecule has 0 aliphatic heterocycles. The van der Waals surface area contributed by atoms with E-state index in [2.05, 4.69) is 27.0 Å². The minimum absolute atomic E-state index is 0.128. The molecule has 4 rings (SSSR count). The second-order valence-corrected chi connectivity index (χ2v) is 7.66. The van der Waals surface area contributed by atoms with Gasteiger partial charge in [-0.05, 0) is 44.5 Å². The lowest BCUT2D eigenvalue weighted by molar-refractivity contribution is 0.790. The van der Waals surface area contributed by atoms with Gasteiger partial charge in [0.25, 0.3) is 5.56 Å². The van der Waals surface area contributed by atoms with E-state index in [1.807, 2.05) is 56.3 Å². The largest absolute Gasteiger partial charge is 0.292 e. The smallest absolute Gasteiger partial charge is 0.282 e. The van der Waals surface area contributed by atoms with Crippen LogP contribution in [-0.4, -0.2) is 25.5 Å². The Kier molecular flexibility index (Phi) is 4.92. The van der Waals surface area contributed by atoms with E-state index in [-0.39, 0.29) is 5.56 Å². The van der Waals surface area contributed by atoms with Gasteiger partial charge in [-0.1, -0.05) is 42.9 Å². The van der Waals surface area contributed by atoms with Gasteiger partial charge in [-0.2, -0.15) is 4.68 Å². The molecule has 0 saturated heterocycles. The van der Waals surface area contributed by atoms with Crippen LogP contribution < -0.4 is 5.56 Å². The fourth-order valence-electron chi connectivity index (χ4n) is 3.20. The number of para-hydroxylation sites is 1. The standard InChI is InChI=1S/C21H21N5OS/c1-4-8-16-19(14(3)23-18-12-7-9-13(2)22-18)20(27)26(25-16)21-24-15-10-5-6-11-17(15)28-21/h5-7,9-12,25H,4,8H2,1-3H3/b23-14-. The van der Waals surface area contributed by atoms with Crippen molar-refractivity contribution >= 4 is 33.1 Å². The monoisotopic (exact) mass is 391 g/mol. The topological polar surface area (TPSA) is 75.9 Å². The molecule has 7 heteroatoms. The maximum atomic E-state index is 13.2. The predicted octanol–water partition coefficient (Wildman–Crippen LogP) is 4.57. The summed E-state index contributed by atoms with van der Waals surface area (Å²) in [6.45, 7) is 5.87. The van der Waals surface area contributed by atoms with E-state index >= 15 is 0 Å². The number of nitrogens with one attached hydrogen (secondary N) is 1. The van der Waals surface area contributed by atoms with Crippen molar-refractivity contribution in [1.29, 1.82) is 0 Å². The number of pyridine rings is 1. The number of aryl methyl sites for hydroxylation is 2. The molecule has 0 amide bonds. The number of hydrogen-bond donors (Lipinski definition) is 1. The van der Waals surface area contributed by atoms with Gasteiger partial charge in [-0.25, -0.2) is 15.0 Å². The lowest BCUT2D eigenvalue weighted by Crippen LogP contribution is -2.19. The number of rotatable bonds is 5. The molecule has 1 N–H and O–H groups in total. The summed E-state index contributed by atoms with van der Waals surface area (Å²) in [5.41, 5.74) is 3.78. The van der Waals surface area contributed by atoms with Crippen molar-refractivity contribution in [2.45, 2.75) is 33.6 Å². The second-order valence-electron chi connectivity index (χ2n) is 6.65.